The van der Waals surface area contributed by atoms with Crippen LogP contribution in [0.1, 0.15) is 70.5 Å². The number of hydrogen-bond donors (Lipinski definition) is 2. The van der Waals surface area contributed by atoms with Crippen LogP contribution in [0, 0.1) is 18.6 Å². The van der Waals surface area contributed by atoms with Crippen molar-refractivity contribution in [2.75, 3.05) is 13.1 Å². The quantitative estimate of drug-likeness (QED) is 0.287. The standard InChI is InChI=1S/C32H38F2N2O3/c1-4-13-36(14-5-2)32(39)26-16-22(3)15-25(20-26)31(38)35-29(19-24-17-27(33)21-28(34)18-24)30(37)12-11-23-9-7-6-8-10-23/h6-10,15-18,20-21,29-30,37H,4-5,11-14,19H2,1-3H3,(H,35,38). The van der Waals surface area contributed by atoms with Crippen molar-refractivity contribution in [2.24, 2.45) is 0 Å². The molecule has 0 spiro atoms. The average molecular weight is 537 g/mol. The number of aliphatic hydroxyl groups is 1. The molecule has 3 rings (SSSR count). The summed E-state index contributed by atoms with van der Waals surface area (Å²) in [6.07, 6.45) is 1.63. The van der Waals surface area contributed by atoms with Crippen LogP contribution in [-0.2, 0) is 12.8 Å². The SMILES string of the molecule is CCCN(CCC)C(=O)c1cc(C)cc(C(=O)NC(Cc2cc(F)cc(F)c2)C(O)CCc2ccccc2)c1. The molecule has 39 heavy (non-hydrogen) atoms. The molecule has 0 aliphatic rings. The van der Waals surface area contributed by atoms with E-state index in [4.69, 9.17) is 0 Å². The number of carbonyl (C=O) groups excluding carboxylic acids is 2. The third-order valence-electron chi connectivity index (χ3n) is 6.59. The van der Waals surface area contributed by atoms with E-state index in [0.717, 1.165) is 30.0 Å². The van der Waals surface area contributed by atoms with E-state index in [1.54, 1.807) is 23.1 Å². The zero-order valence-electron chi connectivity index (χ0n) is 22.9. The number of aliphatic hydroxyl groups excluding tert-OH is 1. The highest BCUT2D eigenvalue weighted by Gasteiger charge is 2.24. The number of rotatable bonds is 13. The summed E-state index contributed by atoms with van der Waals surface area (Å²) in [7, 11) is 0. The van der Waals surface area contributed by atoms with Gasteiger partial charge >= 0.3 is 0 Å². The van der Waals surface area contributed by atoms with Gasteiger partial charge in [0, 0.05) is 30.3 Å². The van der Waals surface area contributed by atoms with Gasteiger partial charge in [-0.3, -0.25) is 9.59 Å². The summed E-state index contributed by atoms with van der Waals surface area (Å²) < 4.78 is 27.8. The zero-order chi connectivity index (χ0) is 28.4. The molecular formula is C32H38F2N2O3. The minimum Gasteiger partial charge on any atom is -0.391 e. The Morgan fingerprint density at radius 3 is 2.10 bits per heavy atom. The van der Waals surface area contributed by atoms with Gasteiger partial charge in [-0.2, -0.15) is 0 Å². The molecule has 0 fully saturated rings. The lowest BCUT2D eigenvalue weighted by molar-refractivity contribution is 0.0755. The third-order valence-corrected chi connectivity index (χ3v) is 6.59. The highest BCUT2D eigenvalue weighted by Crippen LogP contribution is 2.17. The molecule has 0 saturated heterocycles. The van der Waals surface area contributed by atoms with E-state index in [2.05, 4.69) is 5.32 Å². The Bertz CT molecular complexity index is 1220. The van der Waals surface area contributed by atoms with Crippen LogP contribution in [0.4, 0.5) is 8.78 Å². The van der Waals surface area contributed by atoms with Gasteiger partial charge in [-0.05, 0) is 86.1 Å². The fraction of sp³-hybridized carbons (Fsp3) is 0.375. The van der Waals surface area contributed by atoms with E-state index in [9.17, 15) is 23.5 Å². The summed E-state index contributed by atoms with van der Waals surface area (Å²) >= 11 is 0. The lowest BCUT2D eigenvalue weighted by Crippen LogP contribution is -2.45. The van der Waals surface area contributed by atoms with Gasteiger partial charge in [0.2, 0.25) is 0 Å². The van der Waals surface area contributed by atoms with Crippen molar-refractivity contribution in [3.63, 3.8) is 0 Å². The summed E-state index contributed by atoms with van der Waals surface area (Å²) in [5.74, 6) is -2.05. The number of aryl methyl sites for hydroxylation is 2. The molecule has 0 radical (unpaired) electrons. The maximum atomic E-state index is 13.9. The largest absolute Gasteiger partial charge is 0.391 e. The Labute approximate surface area is 229 Å². The highest BCUT2D eigenvalue weighted by atomic mass is 19.1. The van der Waals surface area contributed by atoms with Crippen molar-refractivity contribution < 1.29 is 23.5 Å². The molecule has 0 heterocycles. The molecule has 7 heteroatoms. The maximum absolute atomic E-state index is 13.9. The molecule has 208 valence electrons. The summed E-state index contributed by atoms with van der Waals surface area (Å²) in [6.45, 7) is 7.10. The highest BCUT2D eigenvalue weighted by molar-refractivity contribution is 6.00. The molecule has 2 amide bonds. The van der Waals surface area contributed by atoms with Gasteiger partial charge < -0.3 is 15.3 Å². The monoisotopic (exact) mass is 536 g/mol. The molecule has 3 aromatic rings. The fourth-order valence-corrected chi connectivity index (χ4v) is 4.75. The van der Waals surface area contributed by atoms with Crippen molar-refractivity contribution in [3.8, 4) is 0 Å². The summed E-state index contributed by atoms with van der Waals surface area (Å²) in [5, 5.41) is 14.0. The molecule has 0 aliphatic carbocycles. The first-order chi connectivity index (χ1) is 18.7. The van der Waals surface area contributed by atoms with E-state index < -0.39 is 29.7 Å². The van der Waals surface area contributed by atoms with E-state index >= 15 is 0 Å². The Kier molecular flexibility index (Phi) is 11.2. The van der Waals surface area contributed by atoms with Gasteiger partial charge in [-0.15, -0.1) is 0 Å². The molecular weight excluding hydrogens is 498 g/mol. The molecule has 5 nitrogen and oxygen atoms in total. The van der Waals surface area contributed by atoms with Crippen molar-refractivity contribution >= 4 is 11.8 Å². The van der Waals surface area contributed by atoms with Gasteiger partial charge in [-0.25, -0.2) is 8.78 Å². The predicted molar refractivity (Wildman–Crippen MR) is 150 cm³/mol. The molecule has 0 aromatic heterocycles. The van der Waals surface area contributed by atoms with E-state index in [-0.39, 0.29) is 17.9 Å². The second-order valence-electron chi connectivity index (χ2n) is 10.0. The topological polar surface area (TPSA) is 69.6 Å². The summed E-state index contributed by atoms with van der Waals surface area (Å²) in [5.41, 5.74) is 2.83. The first-order valence-corrected chi connectivity index (χ1v) is 13.6. The summed E-state index contributed by atoms with van der Waals surface area (Å²) in [4.78, 5) is 28.4. The molecule has 0 saturated carbocycles. The van der Waals surface area contributed by atoms with Crippen molar-refractivity contribution in [1.82, 2.24) is 10.2 Å². The summed E-state index contributed by atoms with van der Waals surface area (Å²) in [6, 6.07) is 17.0. The second-order valence-corrected chi connectivity index (χ2v) is 10.0. The molecule has 0 bridgehead atoms. The molecule has 2 N–H and O–H groups in total. The molecule has 2 atom stereocenters. The van der Waals surface area contributed by atoms with Crippen molar-refractivity contribution in [1.29, 1.82) is 0 Å². The predicted octanol–water partition coefficient (Wildman–Crippen LogP) is 5.87. The Hall–Kier alpha value is -3.58. The van der Waals surface area contributed by atoms with E-state index in [1.165, 1.54) is 12.1 Å². The molecule has 2 unspecified atom stereocenters. The van der Waals surface area contributed by atoms with Gasteiger partial charge in [0.1, 0.15) is 11.6 Å². The van der Waals surface area contributed by atoms with Crippen LogP contribution >= 0.6 is 0 Å². The van der Waals surface area contributed by atoms with Gasteiger partial charge in [0.25, 0.3) is 11.8 Å². The van der Waals surface area contributed by atoms with Crippen LogP contribution < -0.4 is 5.32 Å². The van der Waals surface area contributed by atoms with Crippen LogP contribution in [0.15, 0.2) is 66.7 Å². The molecule has 3 aromatic carbocycles. The van der Waals surface area contributed by atoms with Gasteiger partial charge in [0.05, 0.1) is 12.1 Å². The number of carbonyl (C=O) groups is 2. The maximum Gasteiger partial charge on any atom is 0.253 e. The Balaban J connectivity index is 1.84. The first-order valence-electron chi connectivity index (χ1n) is 13.6. The van der Waals surface area contributed by atoms with Crippen molar-refractivity contribution in [3.05, 3.63) is 106 Å². The number of nitrogens with zero attached hydrogens (tertiary/aromatic N) is 1. The molecule has 0 aliphatic heterocycles. The lowest BCUT2D eigenvalue weighted by atomic mass is 9.95. The van der Waals surface area contributed by atoms with E-state index in [0.29, 0.717) is 37.1 Å². The van der Waals surface area contributed by atoms with Crippen molar-refractivity contribution in [2.45, 2.75) is 65.0 Å². The van der Waals surface area contributed by atoms with E-state index in [1.807, 2.05) is 51.1 Å². The number of nitrogens with one attached hydrogen (secondary N) is 1. The fourth-order valence-electron chi connectivity index (χ4n) is 4.75. The minimum absolute atomic E-state index is 0.0365. The lowest BCUT2D eigenvalue weighted by Gasteiger charge is -2.25. The normalized spacial score (nSPS) is 12.6. The first kappa shape index (κ1) is 30.0. The van der Waals surface area contributed by atoms with Crippen LogP contribution in [0.5, 0.6) is 0 Å². The average Bonchev–Trinajstić information content (AvgIpc) is 2.90. The third kappa shape index (κ3) is 8.99. The van der Waals surface area contributed by atoms with Crippen LogP contribution in [0.25, 0.3) is 0 Å². The Morgan fingerprint density at radius 1 is 0.872 bits per heavy atom. The Morgan fingerprint density at radius 2 is 1.49 bits per heavy atom. The zero-order valence-corrected chi connectivity index (χ0v) is 22.9. The van der Waals surface area contributed by atoms with Gasteiger partial charge in [0.15, 0.2) is 0 Å². The number of halogens is 2. The number of amides is 2. The van der Waals surface area contributed by atoms with Crippen LogP contribution in [0.2, 0.25) is 0 Å². The smallest absolute Gasteiger partial charge is 0.253 e. The van der Waals surface area contributed by atoms with Crippen LogP contribution in [-0.4, -0.2) is 47.1 Å². The van der Waals surface area contributed by atoms with Gasteiger partial charge in [-0.1, -0.05) is 44.2 Å². The number of hydrogen-bond acceptors (Lipinski definition) is 3. The minimum atomic E-state index is -0.976. The van der Waals surface area contributed by atoms with Crippen LogP contribution in [0.3, 0.4) is 0 Å². The number of benzene rings is 3. The second kappa shape index (κ2) is 14.5.